The summed E-state index contributed by atoms with van der Waals surface area (Å²) in [5.74, 6) is 0.945. The van der Waals surface area contributed by atoms with Crippen molar-refractivity contribution in [2.75, 3.05) is 0 Å². The Bertz CT molecular complexity index is 116. The van der Waals surface area contributed by atoms with Crippen LogP contribution in [0.25, 0.3) is 0 Å². The maximum atomic E-state index is 8.53. The number of hydrogen-bond acceptors (Lipinski definition) is 2. The molecule has 0 radical (unpaired) electrons. The topological polar surface area (TPSA) is 32.6 Å². The van der Waals surface area contributed by atoms with E-state index in [-0.39, 0.29) is 0 Å². The normalized spacial score (nSPS) is 13.2. The van der Waals surface area contributed by atoms with Gasteiger partial charge < -0.3 is 5.21 Å². The van der Waals surface area contributed by atoms with Gasteiger partial charge in [0.25, 0.3) is 0 Å². The first-order valence-electron chi connectivity index (χ1n) is 3.78. The Morgan fingerprint density at radius 3 is 1.90 bits per heavy atom. The van der Waals surface area contributed by atoms with E-state index in [9.17, 15) is 0 Å². The lowest BCUT2D eigenvalue weighted by Gasteiger charge is -2.09. The second-order valence-electron chi connectivity index (χ2n) is 3.34. The van der Waals surface area contributed by atoms with E-state index in [1.165, 1.54) is 0 Å². The van der Waals surface area contributed by atoms with E-state index < -0.39 is 0 Å². The van der Waals surface area contributed by atoms with Crippen LogP contribution in [0.5, 0.6) is 0 Å². The lowest BCUT2D eigenvalue weighted by Crippen LogP contribution is -2.10. The third-order valence-corrected chi connectivity index (χ3v) is 1.41. The van der Waals surface area contributed by atoms with Crippen LogP contribution in [-0.2, 0) is 0 Å². The average molecular weight is 143 g/mol. The lowest BCUT2D eigenvalue weighted by atomic mass is 9.98. The molecule has 10 heavy (non-hydrogen) atoms. The van der Waals surface area contributed by atoms with E-state index in [1.807, 2.05) is 13.8 Å². The van der Waals surface area contributed by atoms with Gasteiger partial charge in [0.05, 0.1) is 5.71 Å². The van der Waals surface area contributed by atoms with Crippen molar-refractivity contribution in [3.63, 3.8) is 0 Å². The van der Waals surface area contributed by atoms with Crippen molar-refractivity contribution in [1.82, 2.24) is 0 Å². The van der Waals surface area contributed by atoms with E-state index in [0.717, 1.165) is 12.1 Å². The van der Waals surface area contributed by atoms with Crippen LogP contribution in [0.2, 0.25) is 0 Å². The van der Waals surface area contributed by atoms with Gasteiger partial charge in [0, 0.05) is 0 Å². The molecule has 0 bridgehead atoms. The lowest BCUT2D eigenvalue weighted by molar-refractivity contribution is 0.313. The van der Waals surface area contributed by atoms with Crippen molar-refractivity contribution in [2.45, 2.75) is 34.1 Å². The number of hydrogen-bond donors (Lipinski definition) is 1. The molecule has 0 aromatic heterocycles. The predicted molar refractivity (Wildman–Crippen MR) is 43.5 cm³/mol. The average Bonchev–Trinajstić information content (AvgIpc) is 1.81. The second-order valence-corrected chi connectivity index (χ2v) is 3.34. The summed E-state index contributed by atoms with van der Waals surface area (Å²) >= 11 is 0. The fraction of sp³-hybridized carbons (Fsp3) is 0.875. The zero-order chi connectivity index (χ0) is 8.15. The van der Waals surface area contributed by atoms with Crippen molar-refractivity contribution in [3.8, 4) is 0 Å². The largest absolute Gasteiger partial charge is 0.411 e. The Balaban J connectivity index is 3.86. The zero-order valence-corrected chi connectivity index (χ0v) is 7.26. The van der Waals surface area contributed by atoms with E-state index >= 15 is 0 Å². The van der Waals surface area contributed by atoms with Crippen LogP contribution in [0, 0.1) is 11.8 Å². The zero-order valence-electron chi connectivity index (χ0n) is 7.26. The highest BCUT2D eigenvalue weighted by atomic mass is 16.4. The predicted octanol–water partition coefficient (Wildman–Crippen LogP) is 2.52. The molecule has 0 saturated carbocycles. The summed E-state index contributed by atoms with van der Waals surface area (Å²) < 4.78 is 0. The van der Waals surface area contributed by atoms with Crippen LogP contribution in [0.4, 0.5) is 0 Å². The minimum atomic E-state index is 0.368. The van der Waals surface area contributed by atoms with Gasteiger partial charge in [-0.15, -0.1) is 0 Å². The molecule has 0 unspecified atom stereocenters. The van der Waals surface area contributed by atoms with Gasteiger partial charge in [0.1, 0.15) is 0 Å². The van der Waals surface area contributed by atoms with Crippen molar-refractivity contribution < 1.29 is 5.21 Å². The Hall–Kier alpha value is -0.530. The van der Waals surface area contributed by atoms with Gasteiger partial charge in [0.15, 0.2) is 0 Å². The summed E-state index contributed by atoms with van der Waals surface area (Å²) in [6.07, 6.45) is 0.897. The fourth-order valence-electron chi connectivity index (χ4n) is 0.810. The molecule has 1 N–H and O–H groups in total. The molecule has 2 nitrogen and oxygen atoms in total. The maximum Gasteiger partial charge on any atom is 0.0598 e. The summed E-state index contributed by atoms with van der Waals surface area (Å²) in [5, 5.41) is 11.8. The molecule has 0 amide bonds. The highest BCUT2D eigenvalue weighted by molar-refractivity contribution is 5.85. The molecular weight excluding hydrogens is 126 g/mol. The Kier molecular flexibility index (Phi) is 4.08. The Labute approximate surface area is 62.9 Å². The van der Waals surface area contributed by atoms with Crippen molar-refractivity contribution in [3.05, 3.63) is 0 Å². The summed E-state index contributed by atoms with van der Waals surface area (Å²) in [6, 6.07) is 0. The first-order chi connectivity index (χ1) is 4.57. The van der Waals surface area contributed by atoms with Gasteiger partial charge in [-0.2, -0.15) is 0 Å². The highest BCUT2D eigenvalue weighted by Crippen LogP contribution is 2.08. The number of nitrogens with zero attached hydrogens (tertiary/aromatic N) is 1. The molecular formula is C8H17NO. The minimum absolute atomic E-state index is 0.368. The molecule has 0 saturated heterocycles. The quantitative estimate of drug-likeness (QED) is 0.367. The highest BCUT2D eigenvalue weighted by Gasteiger charge is 2.07. The summed E-state index contributed by atoms with van der Waals surface area (Å²) in [5.41, 5.74) is 0.898. The van der Waals surface area contributed by atoms with Crippen LogP contribution < -0.4 is 0 Å². The molecule has 0 aliphatic heterocycles. The van der Waals surface area contributed by atoms with Gasteiger partial charge in [-0.25, -0.2) is 0 Å². The molecule has 2 heteroatoms. The first-order valence-corrected chi connectivity index (χ1v) is 3.78. The van der Waals surface area contributed by atoms with E-state index in [4.69, 9.17) is 5.21 Å². The molecule has 0 heterocycles. The smallest absolute Gasteiger partial charge is 0.0598 e. The molecule has 0 aliphatic carbocycles. The minimum Gasteiger partial charge on any atom is -0.411 e. The van der Waals surface area contributed by atoms with E-state index in [2.05, 4.69) is 19.0 Å². The van der Waals surface area contributed by atoms with Gasteiger partial charge in [-0.3, -0.25) is 0 Å². The number of rotatable bonds is 3. The monoisotopic (exact) mass is 143 g/mol. The second kappa shape index (κ2) is 4.31. The summed E-state index contributed by atoms with van der Waals surface area (Å²) in [4.78, 5) is 0. The molecule has 60 valence electrons. The Morgan fingerprint density at radius 1 is 1.30 bits per heavy atom. The van der Waals surface area contributed by atoms with Gasteiger partial charge in [-0.1, -0.05) is 32.9 Å². The van der Waals surface area contributed by atoms with Gasteiger partial charge >= 0.3 is 0 Å². The molecule has 0 rings (SSSR count). The molecule has 0 atom stereocenters. The fourth-order valence-corrected chi connectivity index (χ4v) is 0.810. The van der Waals surface area contributed by atoms with Gasteiger partial charge in [0.2, 0.25) is 0 Å². The standard InChI is InChI=1S/C8H17NO/c1-6(2)5-8(9-10)7(3)4/h6-7,10H,5H2,1-4H3/b9-8-. The van der Waals surface area contributed by atoms with E-state index in [0.29, 0.717) is 11.8 Å². The third-order valence-electron chi connectivity index (χ3n) is 1.41. The van der Waals surface area contributed by atoms with E-state index in [1.54, 1.807) is 0 Å². The molecule has 0 aromatic carbocycles. The van der Waals surface area contributed by atoms with Crippen LogP contribution >= 0.6 is 0 Å². The molecule has 0 aromatic rings. The van der Waals surface area contributed by atoms with Crippen LogP contribution in [0.15, 0.2) is 5.16 Å². The summed E-state index contributed by atoms with van der Waals surface area (Å²) in [6.45, 7) is 8.32. The SMILES string of the molecule is CC(C)C/C(=N/O)C(C)C. The van der Waals surface area contributed by atoms with Crippen LogP contribution in [0.1, 0.15) is 34.1 Å². The summed E-state index contributed by atoms with van der Waals surface area (Å²) in [7, 11) is 0. The van der Waals surface area contributed by atoms with Gasteiger partial charge in [-0.05, 0) is 18.3 Å². The maximum absolute atomic E-state index is 8.53. The van der Waals surface area contributed by atoms with Crippen molar-refractivity contribution in [2.24, 2.45) is 17.0 Å². The van der Waals surface area contributed by atoms with Crippen molar-refractivity contribution >= 4 is 5.71 Å². The molecule has 0 aliphatic rings. The number of oxime groups is 1. The third kappa shape index (κ3) is 3.49. The van der Waals surface area contributed by atoms with Crippen LogP contribution in [0.3, 0.4) is 0 Å². The van der Waals surface area contributed by atoms with Crippen LogP contribution in [-0.4, -0.2) is 10.9 Å². The first kappa shape index (κ1) is 9.47. The molecule has 0 spiro atoms. The molecule has 0 fully saturated rings. The Morgan fingerprint density at radius 2 is 1.80 bits per heavy atom. The van der Waals surface area contributed by atoms with Crippen molar-refractivity contribution in [1.29, 1.82) is 0 Å².